The molecule has 0 atom stereocenters. The summed E-state index contributed by atoms with van der Waals surface area (Å²) in [6, 6.07) is 15.4. The fourth-order valence-electron chi connectivity index (χ4n) is 4.02. The van der Waals surface area contributed by atoms with E-state index in [1.165, 1.54) is 16.7 Å². The monoisotopic (exact) mass is 465 g/mol. The summed E-state index contributed by atoms with van der Waals surface area (Å²) in [6.07, 6.45) is -2.94. The number of benzene rings is 2. The van der Waals surface area contributed by atoms with Gasteiger partial charge < -0.3 is 0 Å². The quantitative estimate of drug-likeness (QED) is 0.404. The highest BCUT2D eigenvalue weighted by Crippen LogP contribution is 2.33. The minimum absolute atomic E-state index is 0.131. The normalized spacial score (nSPS) is 12.1. The lowest BCUT2D eigenvalue weighted by molar-refractivity contribution is -0.137. The van der Waals surface area contributed by atoms with E-state index in [1.807, 2.05) is 20.8 Å². The molecule has 174 valence electrons. The minimum Gasteiger partial charge on any atom is -0.285 e. The van der Waals surface area contributed by atoms with E-state index >= 15 is 0 Å². The van der Waals surface area contributed by atoms with Gasteiger partial charge in [0, 0.05) is 5.54 Å². The van der Waals surface area contributed by atoms with Gasteiger partial charge in [0.25, 0.3) is 0 Å². The molecular weight excluding hydrogens is 443 g/mol. The Hall–Kier alpha value is -4.06. The summed E-state index contributed by atoms with van der Waals surface area (Å²) in [4.78, 5) is 13.6. The minimum atomic E-state index is -4.53. The summed E-state index contributed by atoms with van der Waals surface area (Å²) in [5.41, 5.74) is 0.964. The smallest absolute Gasteiger partial charge is 0.285 e. The molecule has 0 N–H and O–H groups in total. The Kier molecular flexibility index (Phi) is 5.48. The molecular formula is C25H22F3N5O. The summed E-state index contributed by atoms with van der Waals surface area (Å²) in [5, 5.41) is 13.5. The van der Waals surface area contributed by atoms with Crippen LogP contribution in [-0.4, -0.2) is 18.9 Å². The first-order valence-corrected chi connectivity index (χ1v) is 10.5. The largest absolute Gasteiger partial charge is 0.416 e. The Bertz CT molecular complexity index is 1460. The first-order chi connectivity index (χ1) is 15.9. The highest BCUT2D eigenvalue weighted by molar-refractivity contribution is 5.63. The van der Waals surface area contributed by atoms with Crippen LogP contribution >= 0.6 is 0 Å². The lowest BCUT2D eigenvalue weighted by Gasteiger charge is -2.23. The van der Waals surface area contributed by atoms with E-state index < -0.39 is 23.0 Å². The van der Waals surface area contributed by atoms with Crippen LogP contribution in [0.3, 0.4) is 0 Å². The molecule has 0 aliphatic rings. The van der Waals surface area contributed by atoms with Crippen molar-refractivity contribution < 1.29 is 13.2 Å². The molecule has 0 bridgehead atoms. The van der Waals surface area contributed by atoms with E-state index in [0.29, 0.717) is 28.3 Å². The van der Waals surface area contributed by atoms with Crippen LogP contribution in [0.4, 0.5) is 13.2 Å². The molecule has 4 aromatic rings. The molecule has 4 rings (SSSR count). The maximum absolute atomic E-state index is 13.6. The van der Waals surface area contributed by atoms with Crippen molar-refractivity contribution in [3.8, 4) is 28.8 Å². The second kappa shape index (κ2) is 8.06. The average Bonchev–Trinajstić information content (AvgIpc) is 3.35. The average molecular weight is 465 g/mol. The van der Waals surface area contributed by atoms with Gasteiger partial charge in [-0.1, -0.05) is 6.07 Å². The third kappa shape index (κ3) is 3.92. The van der Waals surface area contributed by atoms with Crippen molar-refractivity contribution in [1.82, 2.24) is 18.9 Å². The zero-order chi connectivity index (χ0) is 24.8. The van der Waals surface area contributed by atoms with Crippen molar-refractivity contribution in [2.75, 3.05) is 0 Å². The van der Waals surface area contributed by atoms with Crippen molar-refractivity contribution >= 4 is 0 Å². The van der Waals surface area contributed by atoms with Gasteiger partial charge in [0.2, 0.25) is 0 Å². The van der Waals surface area contributed by atoms with Crippen molar-refractivity contribution in [2.24, 2.45) is 0 Å². The number of hydrogen-bond acceptors (Lipinski definition) is 3. The highest BCUT2D eigenvalue weighted by atomic mass is 19.4. The molecule has 0 spiro atoms. The molecule has 2 aromatic carbocycles. The summed E-state index contributed by atoms with van der Waals surface area (Å²) < 4.78 is 44.6. The number of nitrogens with zero attached hydrogens (tertiary/aromatic N) is 5. The van der Waals surface area contributed by atoms with E-state index in [1.54, 1.807) is 52.7 Å². The number of rotatable bonds is 3. The standard InChI is InChI=1S/C25H22F3N5O/c1-16-22(21-12-13-30-33(21)19-10-8-17(15-29)9-11-19)32(24(2,3)4)23(34)31(16)20-7-5-6-18(14-20)25(26,27)28/h5-14H,1-4H3. The van der Waals surface area contributed by atoms with E-state index in [9.17, 15) is 18.0 Å². The molecule has 0 saturated carbocycles. The van der Waals surface area contributed by atoms with Gasteiger partial charge in [0.05, 0.1) is 51.8 Å². The molecule has 0 unspecified atom stereocenters. The molecule has 0 fully saturated rings. The number of nitriles is 1. The van der Waals surface area contributed by atoms with E-state index in [0.717, 1.165) is 12.1 Å². The van der Waals surface area contributed by atoms with E-state index in [-0.39, 0.29) is 5.69 Å². The van der Waals surface area contributed by atoms with Crippen molar-refractivity contribution in [2.45, 2.75) is 39.4 Å². The lowest BCUT2D eigenvalue weighted by Crippen LogP contribution is -2.35. The number of halogens is 3. The summed E-state index contributed by atoms with van der Waals surface area (Å²) >= 11 is 0. The van der Waals surface area contributed by atoms with Crippen LogP contribution in [0.25, 0.3) is 22.8 Å². The second-order valence-corrected chi connectivity index (χ2v) is 8.89. The van der Waals surface area contributed by atoms with Crippen LogP contribution in [0.15, 0.2) is 65.6 Å². The summed E-state index contributed by atoms with van der Waals surface area (Å²) in [7, 11) is 0. The van der Waals surface area contributed by atoms with Gasteiger partial charge in [-0.15, -0.1) is 0 Å². The first-order valence-electron chi connectivity index (χ1n) is 10.5. The number of alkyl halides is 3. The first kappa shape index (κ1) is 23.1. The van der Waals surface area contributed by atoms with Crippen LogP contribution in [0.1, 0.15) is 37.6 Å². The molecule has 0 radical (unpaired) electrons. The van der Waals surface area contributed by atoms with Gasteiger partial charge >= 0.3 is 11.9 Å². The van der Waals surface area contributed by atoms with Crippen LogP contribution in [0, 0.1) is 18.3 Å². The lowest BCUT2D eigenvalue weighted by atomic mass is 10.1. The SMILES string of the molecule is Cc1c(-c2ccnn2-c2ccc(C#N)cc2)n(C(C)(C)C)c(=O)n1-c1cccc(C(F)(F)F)c1. The topological polar surface area (TPSA) is 68.5 Å². The zero-order valence-electron chi connectivity index (χ0n) is 19.1. The third-order valence-corrected chi connectivity index (χ3v) is 5.51. The molecule has 9 heteroatoms. The van der Waals surface area contributed by atoms with Crippen molar-refractivity contribution in [3.05, 3.63) is 88.1 Å². The molecule has 0 aliphatic heterocycles. The van der Waals surface area contributed by atoms with Gasteiger partial charge in [0.1, 0.15) is 0 Å². The molecule has 0 saturated heterocycles. The Labute approximate surface area is 194 Å². The third-order valence-electron chi connectivity index (χ3n) is 5.51. The maximum atomic E-state index is 13.6. The molecule has 34 heavy (non-hydrogen) atoms. The fourth-order valence-corrected chi connectivity index (χ4v) is 4.02. The van der Waals surface area contributed by atoms with Gasteiger partial charge in [-0.3, -0.25) is 9.13 Å². The maximum Gasteiger partial charge on any atom is 0.416 e. The van der Waals surface area contributed by atoms with Crippen LogP contribution in [0.5, 0.6) is 0 Å². The highest BCUT2D eigenvalue weighted by Gasteiger charge is 2.32. The van der Waals surface area contributed by atoms with Crippen LogP contribution in [0.2, 0.25) is 0 Å². The Morgan fingerprint density at radius 1 is 0.971 bits per heavy atom. The fraction of sp³-hybridized carbons (Fsp3) is 0.240. The summed E-state index contributed by atoms with van der Waals surface area (Å²) in [6.45, 7) is 7.28. The molecule has 6 nitrogen and oxygen atoms in total. The molecule has 2 aromatic heterocycles. The summed E-state index contributed by atoms with van der Waals surface area (Å²) in [5.74, 6) is 0. The number of aromatic nitrogens is 4. The Morgan fingerprint density at radius 3 is 2.24 bits per heavy atom. The predicted molar refractivity (Wildman–Crippen MR) is 122 cm³/mol. The molecule has 0 aliphatic carbocycles. The van der Waals surface area contributed by atoms with Gasteiger partial charge in [0.15, 0.2) is 0 Å². The van der Waals surface area contributed by atoms with E-state index in [2.05, 4.69) is 11.2 Å². The Morgan fingerprint density at radius 2 is 1.65 bits per heavy atom. The van der Waals surface area contributed by atoms with Gasteiger partial charge in [-0.25, -0.2) is 9.48 Å². The van der Waals surface area contributed by atoms with E-state index in [4.69, 9.17) is 5.26 Å². The molecule has 2 heterocycles. The molecule has 0 amide bonds. The van der Waals surface area contributed by atoms with Gasteiger partial charge in [-0.05, 0) is 76.2 Å². The van der Waals surface area contributed by atoms with Crippen LogP contribution < -0.4 is 5.69 Å². The van der Waals surface area contributed by atoms with Crippen molar-refractivity contribution in [1.29, 1.82) is 5.26 Å². The van der Waals surface area contributed by atoms with Crippen LogP contribution in [-0.2, 0) is 11.7 Å². The number of imidazole rings is 1. The predicted octanol–water partition coefficient (Wildman–Crippen LogP) is 5.45. The van der Waals surface area contributed by atoms with Crippen molar-refractivity contribution in [3.63, 3.8) is 0 Å². The van der Waals surface area contributed by atoms with Gasteiger partial charge in [-0.2, -0.15) is 23.5 Å². The second-order valence-electron chi connectivity index (χ2n) is 8.89. The number of hydrogen-bond donors (Lipinski definition) is 0. The zero-order valence-corrected chi connectivity index (χ0v) is 19.1. The Balaban J connectivity index is 1.99.